The van der Waals surface area contributed by atoms with Crippen molar-refractivity contribution in [3.63, 3.8) is 0 Å². The molecular formula is C14H15F4N5O. The summed E-state index contributed by atoms with van der Waals surface area (Å²) < 4.78 is 53.3. The van der Waals surface area contributed by atoms with Gasteiger partial charge >= 0.3 is 6.36 Å². The highest BCUT2D eigenvalue weighted by molar-refractivity contribution is 5.94. The molecule has 4 N–H and O–H groups in total. The van der Waals surface area contributed by atoms with E-state index in [4.69, 9.17) is 11.5 Å². The fourth-order valence-corrected chi connectivity index (χ4v) is 1.96. The smallest absolute Gasteiger partial charge is 0.403 e. The summed E-state index contributed by atoms with van der Waals surface area (Å²) in [5, 5.41) is 0. The third-order valence-corrected chi connectivity index (χ3v) is 3.00. The molecule has 0 aliphatic carbocycles. The van der Waals surface area contributed by atoms with E-state index in [1.807, 2.05) is 12.2 Å². The number of aliphatic imine (C=N–C) groups is 2. The molecule has 2 rings (SSSR count). The van der Waals surface area contributed by atoms with Crippen molar-refractivity contribution in [3.8, 4) is 5.75 Å². The number of alkyl halides is 3. The molecule has 1 aromatic rings. The molecule has 0 aromatic heterocycles. The van der Waals surface area contributed by atoms with Crippen LogP contribution in [0.2, 0.25) is 0 Å². The third-order valence-electron chi connectivity index (χ3n) is 3.00. The van der Waals surface area contributed by atoms with Gasteiger partial charge in [0.05, 0.1) is 5.69 Å². The summed E-state index contributed by atoms with van der Waals surface area (Å²) in [6.45, 7) is 1.26. The molecule has 0 amide bonds. The fourth-order valence-electron chi connectivity index (χ4n) is 1.96. The Morgan fingerprint density at radius 2 is 1.96 bits per heavy atom. The summed E-state index contributed by atoms with van der Waals surface area (Å²) in [7, 11) is 0. The van der Waals surface area contributed by atoms with E-state index in [9.17, 15) is 17.6 Å². The van der Waals surface area contributed by atoms with E-state index in [2.05, 4.69) is 14.7 Å². The first-order chi connectivity index (χ1) is 11.2. The number of rotatable bonds is 2. The zero-order valence-electron chi connectivity index (χ0n) is 12.4. The largest absolute Gasteiger partial charge is 0.573 e. The molecule has 1 aliphatic heterocycles. The summed E-state index contributed by atoms with van der Waals surface area (Å²) in [5.41, 5.74) is 11.4. The number of nitrogens with zero attached hydrogens (tertiary/aromatic N) is 3. The lowest BCUT2D eigenvalue weighted by atomic mass is 10.3. The molecule has 0 fully saturated rings. The lowest BCUT2D eigenvalue weighted by Crippen LogP contribution is -2.40. The van der Waals surface area contributed by atoms with E-state index in [1.165, 1.54) is 0 Å². The molecule has 130 valence electrons. The fraction of sp³-hybridized carbons (Fsp3) is 0.286. The van der Waals surface area contributed by atoms with E-state index in [-0.39, 0.29) is 17.6 Å². The average Bonchev–Trinajstić information content (AvgIpc) is 2.49. The van der Waals surface area contributed by atoms with Crippen molar-refractivity contribution in [1.82, 2.24) is 4.90 Å². The van der Waals surface area contributed by atoms with E-state index in [1.54, 1.807) is 4.90 Å². The zero-order chi connectivity index (χ0) is 17.7. The second-order valence-corrected chi connectivity index (χ2v) is 4.81. The van der Waals surface area contributed by atoms with Crippen LogP contribution in [0.4, 0.5) is 23.2 Å². The average molecular weight is 345 g/mol. The standard InChI is InChI=1S/C14H15F4N5O/c15-10-8-9(4-5-11(10)24-14(16,17)18)21-12(19)22-13(20)23-6-2-1-3-7-23/h1-2,4-5,8H,3,6-7H2,(H4,19,20,21,22). The molecule has 0 saturated heterocycles. The summed E-state index contributed by atoms with van der Waals surface area (Å²) in [4.78, 5) is 9.45. The van der Waals surface area contributed by atoms with E-state index in [0.29, 0.717) is 13.1 Å². The lowest BCUT2D eigenvalue weighted by molar-refractivity contribution is -0.275. The van der Waals surface area contributed by atoms with Gasteiger partial charge in [0.1, 0.15) is 0 Å². The molecule has 0 saturated carbocycles. The van der Waals surface area contributed by atoms with Gasteiger partial charge < -0.3 is 21.1 Å². The van der Waals surface area contributed by atoms with Gasteiger partial charge in [0.15, 0.2) is 17.5 Å². The first-order valence-corrected chi connectivity index (χ1v) is 6.88. The molecule has 0 unspecified atom stereocenters. The number of hydrogen-bond donors (Lipinski definition) is 2. The summed E-state index contributed by atoms with van der Waals surface area (Å²) in [6, 6.07) is 2.67. The van der Waals surface area contributed by atoms with Gasteiger partial charge in [-0.1, -0.05) is 12.2 Å². The molecule has 1 aromatic carbocycles. The highest BCUT2D eigenvalue weighted by Crippen LogP contribution is 2.28. The predicted molar refractivity (Wildman–Crippen MR) is 81.3 cm³/mol. The molecule has 0 radical (unpaired) electrons. The molecule has 1 heterocycles. The van der Waals surface area contributed by atoms with Gasteiger partial charge in [-0.3, -0.25) is 0 Å². The summed E-state index contributed by atoms with van der Waals surface area (Å²) in [6.07, 6.45) is -0.228. The molecule has 0 spiro atoms. The maximum Gasteiger partial charge on any atom is 0.573 e. The zero-order valence-corrected chi connectivity index (χ0v) is 12.4. The van der Waals surface area contributed by atoms with Crippen LogP contribution in [0.15, 0.2) is 40.3 Å². The SMILES string of the molecule is NC(=Nc1ccc(OC(F)(F)F)c(F)c1)/N=C(/N)N1CC=CCC1. The van der Waals surface area contributed by atoms with Crippen LogP contribution in [0, 0.1) is 5.82 Å². The van der Waals surface area contributed by atoms with Crippen molar-refractivity contribution in [1.29, 1.82) is 0 Å². The number of benzene rings is 1. The number of guanidine groups is 2. The molecule has 24 heavy (non-hydrogen) atoms. The Morgan fingerprint density at radius 1 is 1.21 bits per heavy atom. The van der Waals surface area contributed by atoms with Gasteiger partial charge in [-0.2, -0.15) is 4.99 Å². The molecule has 0 atom stereocenters. The Kier molecular flexibility index (Phi) is 5.27. The highest BCUT2D eigenvalue weighted by atomic mass is 19.4. The van der Waals surface area contributed by atoms with E-state index < -0.39 is 17.9 Å². The van der Waals surface area contributed by atoms with Crippen LogP contribution in [-0.4, -0.2) is 36.3 Å². The molecule has 6 nitrogen and oxygen atoms in total. The number of ether oxygens (including phenoxy) is 1. The number of halogens is 4. The monoisotopic (exact) mass is 345 g/mol. The minimum absolute atomic E-state index is 0.0189. The minimum Gasteiger partial charge on any atom is -0.403 e. The van der Waals surface area contributed by atoms with Crippen LogP contribution in [0.5, 0.6) is 5.75 Å². The predicted octanol–water partition coefficient (Wildman–Crippen LogP) is 2.25. The van der Waals surface area contributed by atoms with Crippen LogP contribution in [0.1, 0.15) is 6.42 Å². The highest BCUT2D eigenvalue weighted by Gasteiger charge is 2.32. The first-order valence-electron chi connectivity index (χ1n) is 6.88. The van der Waals surface area contributed by atoms with Gasteiger partial charge in [0.25, 0.3) is 0 Å². The Balaban J connectivity index is 2.12. The summed E-state index contributed by atoms with van der Waals surface area (Å²) in [5.74, 6) is -2.27. The Morgan fingerprint density at radius 3 is 2.54 bits per heavy atom. The second kappa shape index (κ2) is 7.20. The van der Waals surface area contributed by atoms with Crippen LogP contribution < -0.4 is 16.2 Å². The third kappa shape index (κ3) is 5.14. The second-order valence-electron chi connectivity index (χ2n) is 4.81. The maximum atomic E-state index is 13.6. The normalized spacial score (nSPS) is 16.4. The van der Waals surface area contributed by atoms with E-state index >= 15 is 0 Å². The number of hydrogen-bond acceptors (Lipinski definition) is 2. The van der Waals surface area contributed by atoms with Crippen molar-refractivity contribution in [2.75, 3.05) is 13.1 Å². The van der Waals surface area contributed by atoms with Crippen LogP contribution in [0.3, 0.4) is 0 Å². The van der Waals surface area contributed by atoms with E-state index in [0.717, 1.165) is 24.6 Å². The minimum atomic E-state index is -4.98. The van der Waals surface area contributed by atoms with Crippen molar-refractivity contribution in [3.05, 3.63) is 36.2 Å². The van der Waals surface area contributed by atoms with Crippen molar-refractivity contribution in [2.24, 2.45) is 21.5 Å². The van der Waals surface area contributed by atoms with Gasteiger partial charge in [0.2, 0.25) is 5.96 Å². The van der Waals surface area contributed by atoms with Crippen LogP contribution >= 0.6 is 0 Å². The van der Waals surface area contributed by atoms with Crippen molar-refractivity contribution in [2.45, 2.75) is 12.8 Å². The van der Waals surface area contributed by atoms with Gasteiger partial charge in [-0.05, 0) is 18.6 Å². The van der Waals surface area contributed by atoms with Crippen molar-refractivity contribution < 1.29 is 22.3 Å². The van der Waals surface area contributed by atoms with Gasteiger partial charge in [0, 0.05) is 19.2 Å². The molecule has 10 heteroatoms. The summed E-state index contributed by atoms with van der Waals surface area (Å²) >= 11 is 0. The van der Waals surface area contributed by atoms with Crippen LogP contribution in [0.25, 0.3) is 0 Å². The number of nitrogens with two attached hydrogens (primary N) is 2. The quantitative estimate of drug-likeness (QED) is 0.372. The van der Waals surface area contributed by atoms with Crippen molar-refractivity contribution >= 4 is 17.6 Å². The van der Waals surface area contributed by atoms with Gasteiger partial charge in [-0.15, -0.1) is 13.2 Å². The molecule has 1 aliphatic rings. The Bertz CT molecular complexity index is 684. The maximum absolute atomic E-state index is 13.6. The van der Waals surface area contributed by atoms with Gasteiger partial charge in [-0.25, -0.2) is 9.38 Å². The first kappa shape index (κ1) is 17.6. The Hall–Kier alpha value is -2.78. The lowest BCUT2D eigenvalue weighted by Gasteiger charge is -2.23. The molecule has 0 bridgehead atoms. The molecular weight excluding hydrogens is 330 g/mol. The Labute approximate surface area is 135 Å². The topological polar surface area (TPSA) is 89.2 Å². The van der Waals surface area contributed by atoms with Crippen LogP contribution in [-0.2, 0) is 0 Å².